The van der Waals surface area contributed by atoms with Crippen molar-refractivity contribution in [3.05, 3.63) is 129 Å². The van der Waals surface area contributed by atoms with E-state index in [1.54, 1.807) is 36.4 Å². The molecule has 0 spiro atoms. The molecule has 240 valence electrons. The van der Waals surface area contributed by atoms with Crippen LogP contribution in [0.2, 0.25) is 15.1 Å². The van der Waals surface area contributed by atoms with Crippen molar-refractivity contribution >= 4 is 62.3 Å². The Bertz CT molecular complexity index is 1750. The number of hydrogen-bond donors (Lipinski definition) is 1. The second kappa shape index (κ2) is 15.4. The van der Waals surface area contributed by atoms with E-state index in [0.717, 1.165) is 35.6 Å². The maximum absolute atomic E-state index is 14.6. The van der Waals surface area contributed by atoms with Crippen molar-refractivity contribution in [3.63, 3.8) is 0 Å². The smallest absolute Gasteiger partial charge is 0.264 e. The number of nitrogens with zero attached hydrogens (tertiary/aromatic N) is 2. The molecule has 0 heterocycles. The Balaban J connectivity index is 1.58. The molecular weight excluding hydrogens is 665 g/mol. The Morgan fingerprint density at radius 3 is 2.00 bits per heavy atom. The SMILES string of the molecule is O=C(NC1CCCC1)[C@@H](Cc1ccccc1)N(Cc1cccc(Cl)c1)C(=O)CN(c1cc(Cl)cc(Cl)c1)S(=O)(=O)c1ccccc1. The first-order valence-corrected chi connectivity index (χ1v) is 17.6. The van der Waals surface area contributed by atoms with Gasteiger partial charge in [0.2, 0.25) is 11.8 Å². The summed E-state index contributed by atoms with van der Waals surface area (Å²) in [5.74, 6) is -0.882. The molecule has 0 unspecified atom stereocenters. The van der Waals surface area contributed by atoms with Crippen LogP contribution in [0.3, 0.4) is 0 Å². The quantitative estimate of drug-likeness (QED) is 0.166. The first kappa shape index (κ1) is 33.8. The lowest BCUT2D eigenvalue weighted by Gasteiger charge is -2.34. The maximum atomic E-state index is 14.6. The standard InChI is InChI=1S/C35H34Cl3N3O4S/c36-27-13-9-12-26(18-27)23-40(33(19-25-10-3-1-4-11-25)35(43)39-30-14-7-8-15-30)34(42)24-41(31-21-28(37)20-29(38)22-31)46(44,45)32-16-5-2-6-17-32/h1-6,9-13,16-18,20-22,30,33H,7-8,14-15,19,23-24H2,(H,39,43)/t33-/m1/s1. The summed E-state index contributed by atoms with van der Waals surface area (Å²) in [4.78, 5) is 30.1. The molecule has 1 saturated carbocycles. The molecule has 1 aliphatic rings. The number of anilines is 1. The zero-order chi connectivity index (χ0) is 32.7. The number of benzene rings is 4. The van der Waals surface area contributed by atoms with Crippen molar-refractivity contribution in [2.75, 3.05) is 10.8 Å². The predicted molar refractivity (Wildman–Crippen MR) is 184 cm³/mol. The summed E-state index contributed by atoms with van der Waals surface area (Å²) < 4.78 is 29.2. The van der Waals surface area contributed by atoms with Gasteiger partial charge in [-0.15, -0.1) is 0 Å². The van der Waals surface area contributed by atoms with E-state index in [9.17, 15) is 18.0 Å². The minimum absolute atomic E-state index is 0.0115. The first-order chi connectivity index (χ1) is 22.1. The molecular formula is C35H34Cl3N3O4S. The number of carbonyl (C=O) groups is 2. The van der Waals surface area contributed by atoms with Crippen molar-refractivity contribution in [3.8, 4) is 0 Å². The monoisotopic (exact) mass is 697 g/mol. The number of sulfonamides is 1. The van der Waals surface area contributed by atoms with Crippen LogP contribution in [-0.2, 0) is 32.6 Å². The van der Waals surface area contributed by atoms with Gasteiger partial charge < -0.3 is 10.2 Å². The third kappa shape index (κ3) is 8.62. The highest BCUT2D eigenvalue weighted by Crippen LogP contribution is 2.30. The van der Waals surface area contributed by atoms with Gasteiger partial charge in [0, 0.05) is 34.1 Å². The van der Waals surface area contributed by atoms with Gasteiger partial charge in [-0.1, -0.05) is 108 Å². The van der Waals surface area contributed by atoms with E-state index in [4.69, 9.17) is 34.8 Å². The third-order valence-electron chi connectivity index (χ3n) is 7.96. The van der Waals surface area contributed by atoms with Gasteiger partial charge in [0.25, 0.3) is 10.0 Å². The summed E-state index contributed by atoms with van der Waals surface area (Å²) in [6.07, 6.45) is 4.00. The largest absolute Gasteiger partial charge is 0.352 e. The molecule has 0 saturated heterocycles. The number of amides is 2. The maximum Gasteiger partial charge on any atom is 0.264 e. The summed E-state index contributed by atoms with van der Waals surface area (Å²) in [6, 6.07) is 27.7. The highest BCUT2D eigenvalue weighted by molar-refractivity contribution is 7.92. The summed E-state index contributed by atoms with van der Waals surface area (Å²) in [7, 11) is -4.27. The summed E-state index contributed by atoms with van der Waals surface area (Å²) >= 11 is 18.9. The Kier molecular flexibility index (Phi) is 11.3. The molecule has 0 aromatic heterocycles. The molecule has 1 N–H and O–H groups in total. The summed E-state index contributed by atoms with van der Waals surface area (Å²) in [5.41, 5.74) is 1.66. The Morgan fingerprint density at radius 2 is 1.37 bits per heavy atom. The minimum Gasteiger partial charge on any atom is -0.352 e. The van der Waals surface area contributed by atoms with E-state index in [1.165, 1.54) is 35.2 Å². The normalized spacial score (nSPS) is 14.1. The Morgan fingerprint density at radius 1 is 0.761 bits per heavy atom. The van der Waals surface area contributed by atoms with Crippen molar-refractivity contribution in [2.24, 2.45) is 0 Å². The molecule has 0 radical (unpaired) electrons. The van der Waals surface area contributed by atoms with Gasteiger partial charge in [0.1, 0.15) is 12.6 Å². The average Bonchev–Trinajstić information content (AvgIpc) is 3.55. The number of hydrogen-bond acceptors (Lipinski definition) is 4. The van der Waals surface area contributed by atoms with Gasteiger partial charge in [0.15, 0.2) is 0 Å². The molecule has 1 atom stereocenters. The lowest BCUT2D eigenvalue weighted by atomic mass is 10.0. The molecule has 46 heavy (non-hydrogen) atoms. The van der Waals surface area contributed by atoms with Gasteiger partial charge in [-0.2, -0.15) is 0 Å². The van der Waals surface area contributed by atoms with Crippen LogP contribution in [0.15, 0.2) is 108 Å². The lowest BCUT2D eigenvalue weighted by Crippen LogP contribution is -2.54. The zero-order valence-corrected chi connectivity index (χ0v) is 28.1. The molecule has 1 fully saturated rings. The van der Waals surface area contributed by atoms with Crippen molar-refractivity contribution in [1.82, 2.24) is 10.2 Å². The van der Waals surface area contributed by atoms with Crippen LogP contribution >= 0.6 is 34.8 Å². The molecule has 0 bridgehead atoms. The van der Waals surface area contributed by atoms with E-state index in [-0.39, 0.29) is 45.5 Å². The fourth-order valence-corrected chi connectivity index (χ4v) is 7.83. The number of rotatable bonds is 12. The van der Waals surface area contributed by atoms with Crippen LogP contribution in [-0.4, -0.2) is 43.8 Å². The van der Waals surface area contributed by atoms with Crippen molar-refractivity contribution < 1.29 is 18.0 Å². The molecule has 2 amide bonds. The van der Waals surface area contributed by atoms with Crippen LogP contribution in [0.5, 0.6) is 0 Å². The number of halogens is 3. The number of carbonyl (C=O) groups excluding carboxylic acids is 2. The lowest BCUT2D eigenvalue weighted by molar-refractivity contribution is -0.140. The van der Waals surface area contributed by atoms with E-state index in [2.05, 4.69) is 5.32 Å². The van der Waals surface area contributed by atoms with Gasteiger partial charge in [-0.05, 0) is 66.4 Å². The molecule has 5 rings (SSSR count). The van der Waals surface area contributed by atoms with Crippen molar-refractivity contribution in [1.29, 1.82) is 0 Å². The van der Waals surface area contributed by atoms with E-state index in [0.29, 0.717) is 10.6 Å². The highest BCUT2D eigenvalue weighted by Gasteiger charge is 2.35. The Hall–Kier alpha value is -3.56. The van der Waals surface area contributed by atoms with Gasteiger partial charge in [0.05, 0.1) is 10.6 Å². The van der Waals surface area contributed by atoms with E-state index < -0.39 is 28.5 Å². The second-order valence-corrected chi connectivity index (χ2v) is 14.5. The molecule has 1 aliphatic carbocycles. The van der Waals surface area contributed by atoms with Crippen LogP contribution in [0.25, 0.3) is 0 Å². The van der Waals surface area contributed by atoms with Crippen molar-refractivity contribution in [2.45, 2.75) is 55.6 Å². The average molecular weight is 699 g/mol. The van der Waals surface area contributed by atoms with E-state index in [1.807, 2.05) is 36.4 Å². The van der Waals surface area contributed by atoms with Gasteiger partial charge in [-0.25, -0.2) is 8.42 Å². The highest BCUT2D eigenvalue weighted by atomic mass is 35.5. The Labute approximate surface area is 285 Å². The van der Waals surface area contributed by atoms with Gasteiger partial charge >= 0.3 is 0 Å². The minimum atomic E-state index is -4.27. The predicted octanol–water partition coefficient (Wildman–Crippen LogP) is 7.54. The third-order valence-corrected chi connectivity index (χ3v) is 10.4. The molecule has 7 nitrogen and oxygen atoms in total. The molecule has 4 aromatic carbocycles. The van der Waals surface area contributed by atoms with E-state index >= 15 is 0 Å². The van der Waals surface area contributed by atoms with Gasteiger partial charge in [-0.3, -0.25) is 13.9 Å². The van der Waals surface area contributed by atoms with Crippen LogP contribution in [0.4, 0.5) is 5.69 Å². The van der Waals surface area contributed by atoms with Crippen LogP contribution in [0.1, 0.15) is 36.8 Å². The second-order valence-electron chi connectivity index (χ2n) is 11.3. The topological polar surface area (TPSA) is 86.8 Å². The fourth-order valence-electron chi connectivity index (χ4n) is 5.69. The summed E-state index contributed by atoms with van der Waals surface area (Å²) in [5, 5.41) is 4.05. The summed E-state index contributed by atoms with van der Waals surface area (Å²) in [6.45, 7) is -0.596. The first-order valence-electron chi connectivity index (χ1n) is 15.0. The fraction of sp³-hybridized carbons (Fsp3) is 0.257. The molecule has 11 heteroatoms. The van der Waals surface area contributed by atoms with Crippen LogP contribution < -0.4 is 9.62 Å². The molecule has 0 aliphatic heterocycles. The zero-order valence-electron chi connectivity index (χ0n) is 25.0. The van der Waals surface area contributed by atoms with Crippen LogP contribution in [0, 0.1) is 0 Å². The molecule has 4 aromatic rings. The number of nitrogens with one attached hydrogen (secondary N) is 1.